The molecule has 1 unspecified atom stereocenters. The summed E-state index contributed by atoms with van der Waals surface area (Å²) in [5, 5.41) is 9.18. The predicted molar refractivity (Wildman–Crippen MR) is 60.3 cm³/mol. The Hall–Kier alpha value is 0.260. The molecule has 0 aromatic carbocycles. The van der Waals surface area contributed by atoms with E-state index in [1.807, 2.05) is 6.26 Å². The van der Waals surface area contributed by atoms with E-state index in [2.05, 4.69) is 0 Å². The van der Waals surface area contributed by atoms with Gasteiger partial charge in [0.25, 0.3) is 0 Å². The molecule has 1 aliphatic heterocycles. The highest BCUT2D eigenvalue weighted by molar-refractivity contribution is 7.98. The summed E-state index contributed by atoms with van der Waals surface area (Å²) < 4.78 is 22.4. The Balaban J connectivity index is 2.47. The number of hydrogen-bond donors (Lipinski definition) is 1. The second kappa shape index (κ2) is 5.37. The van der Waals surface area contributed by atoms with Crippen molar-refractivity contribution in [2.24, 2.45) is 11.8 Å². The Morgan fingerprint density at radius 1 is 1.43 bits per heavy atom. The van der Waals surface area contributed by atoms with Crippen LogP contribution in [0.15, 0.2) is 0 Å². The highest BCUT2D eigenvalue weighted by atomic mass is 32.2. The summed E-state index contributed by atoms with van der Waals surface area (Å²) in [4.78, 5) is 0. The molecular weight excluding hydrogens is 220 g/mol. The monoisotopic (exact) mass is 238 g/mol. The maximum Gasteiger partial charge on any atom is 0.150 e. The molecule has 1 heterocycles. The molecule has 1 atom stereocenters. The van der Waals surface area contributed by atoms with Gasteiger partial charge >= 0.3 is 0 Å². The first-order valence-electron chi connectivity index (χ1n) is 4.89. The van der Waals surface area contributed by atoms with E-state index in [-0.39, 0.29) is 12.5 Å². The fourth-order valence-corrected chi connectivity index (χ4v) is 4.27. The second-order valence-electron chi connectivity index (χ2n) is 3.89. The summed E-state index contributed by atoms with van der Waals surface area (Å²) in [7, 11) is -2.76. The van der Waals surface area contributed by atoms with Crippen molar-refractivity contribution >= 4 is 21.6 Å². The molecule has 5 heteroatoms. The van der Waals surface area contributed by atoms with Gasteiger partial charge in [0.05, 0.1) is 11.5 Å². The molecule has 3 nitrogen and oxygen atoms in total. The largest absolute Gasteiger partial charge is 0.396 e. The van der Waals surface area contributed by atoms with Crippen molar-refractivity contribution in [3.63, 3.8) is 0 Å². The van der Waals surface area contributed by atoms with Gasteiger partial charge in [-0.25, -0.2) is 8.42 Å². The van der Waals surface area contributed by atoms with Crippen molar-refractivity contribution < 1.29 is 13.5 Å². The molecule has 84 valence electrons. The molecule has 0 bridgehead atoms. The van der Waals surface area contributed by atoms with Crippen LogP contribution in [0.3, 0.4) is 0 Å². The minimum absolute atomic E-state index is 0.186. The van der Waals surface area contributed by atoms with Gasteiger partial charge in [0, 0.05) is 6.61 Å². The number of sulfone groups is 1. The lowest BCUT2D eigenvalue weighted by molar-refractivity contribution is 0.184. The Kier molecular flexibility index (Phi) is 4.73. The topological polar surface area (TPSA) is 54.4 Å². The van der Waals surface area contributed by atoms with Crippen molar-refractivity contribution in [3.05, 3.63) is 0 Å². The van der Waals surface area contributed by atoms with Crippen molar-refractivity contribution in [1.29, 1.82) is 0 Å². The average Bonchev–Trinajstić information content (AvgIpc) is 2.15. The highest BCUT2D eigenvalue weighted by Crippen LogP contribution is 2.27. The van der Waals surface area contributed by atoms with Gasteiger partial charge in [-0.3, -0.25) is 0 Å². The Bertz CT molecular complexity index is 247. The highest BCUT2D eigenvalue weighted by Gasteiger charge is 2.28. The van der Waals surface area contributed by atoms with Crippen molar-refractivity contribution in [1.82, 2.24) is 0 Å². The van der Waals surface area contributed by atoms with Gasteiger partial charge in [0.15, 0.2) is 0 Å². The summed E-state index contributed by atoms with van der Waals surface area (Å²) in [5.41, 5.74) is 0. The summed E-state index contributed by atoms with van der Waals surface area (Å²) in [6.07, 6.45) is 3.48. The Morgan fingerprint density at radius 3 is 2.43 bits per heavy atom. The van der Waals surface area contributed by atoms with Gasteiger partial charge in [-0.15, -0.1) is 0 Å². The number of rotatable bonds is 4. The van der Waals surface area contributed by atoms with Crippen LogP contribution in [0.4, 0.5) is 0 Å². The van der Waals surface area contributed by atoms with Gasteiger partial charge in [-0.2, -0.15) is 11.8 Å². The van der Waals surface area contributed by atoms with E-state index in [4.69, 9.17) is 0 Å². The minimum atomic E-state index is -2.76. The first kappa shape index (κ1) is 12.3. The molecule has 0 spiro atoms. The maximum absolute atomic E-state index is 11.2. The van der Waals surface area contributed by atoms with Crippen molar-refractivity contribution in [3.8, 4) is 0 Å². The number of hydrogen-bond acceptors (Lipinski definition) is 4. The van der Waals surface area contributed by atoms with Crippen LogP contribution in [0, 0.1) is 11.8 Å². The van der Waals surface area contributed by atoms with Crippen LogP contribution in [0.1, 0.15) is 12.8 Å². The summed E-state index contributed by atoms with van der Waals surface area (Å²) >= 11 is 1.72. The van der Waals surface area contributed by atoms with Gasteiger partial charge in [0.2, 0.25) is 0 Å². The molecular formula is C9H18O3S2. The molecule has 0 aliphatic carbocycles. The minimum Gasteiger partial charge on any atom is -0.396 e. The molecule has 1 fully saturated rings. The van der Waals surface area contributed by atoms with Gasteiger partial charge in [0.1, 0.15) is 9.84 Å². The first-order chi connectivity index (χ1) is 6.59. The maximum atomic E-state index is 11.2. The zero-order valence-corrected chi connectivity index (χ0v) is 10.1. The zero-order chi connectivity index (χ0) is 10.6. The number of aliphatic hydroxyl groups is 1. The van der Waals surface area contributed by atoms with Crippen molar-refractivity contribution in [2.45, 2.75) is 12.8 Å². The SMILES string of the molecule is CSCC(CO)C1CCS(=O)(=O)CC1. The lowest BCUT2D eigenvalue weighted by atomic mass is 9.89. The van der Waals surface area contributed by atoms with E-state index in [9.17, 15) is 13.5 Å². The van der Waals surface area contributed by atoms with Crippen LogP contribution in [0.5, 0.6) is 0 Å². The van der Waals surface area contributed by atoms with Crippen LogP contribution in [0.2, 0.25) is 0 Å². The molecule has 1 saturated heterocycles. The van der Waals surface area contributed by atoms with E-state index < -0.39 is 9.84 Å². The standard InChI is InChI=1S/C9H18O3S2/c1-13-7-9(6-10)8-2-4-14(11,12)5-3-8/h8-10H,2-7H2,1H3. The molecule has 0 amide bonds. The first-order valence-corrected chi connectivity index (χ1v) is 8.11. The molecule has 0 radical (unpaired) electrons. The fourth-order valence-electron chi connectivity index (χ4n) is 1.93. The van der Waals surface area contributed by atoms with Crippen LogP contribution >= 0.6 is 11.8 Å². The quantitative estimate of drug-likeness (QED) is 0.786. The number of thioether (sulfide) groups is 1. The predicted octanol–water partition coefficient (Wildman–Crippen LogP) is 0.783. The Morgan fingerprint density at radius 2 is 2.00 bits per heavy atom. The third-order valence-corrected chi connectivity index (χ3v) is 5.36. The van der Waals surface area contributed by atoms with Crippen LogP contribution in [0.25, 0.3) is 0 Å². The second-order valence-corrected chi connectivity index (χ2v) is 7.10. The smallest absolute Gasteiger partial charge is 0.150 e. The van der Waals surface area contributed by atoms with E-state index in [1.54, 1.807) is 11.8 Å². The fraction of sp³-hybridized carbons (Fsp3) is 1.00. The lowest BCUT2D eigenvalue weighted by Crippen LogP contribution is -2.30. The van der Waals surface area contributed by atoms with Crippen LogP contribution in [-0.4, -0.2) is 43.6 Å². The average molecular weight is 238 g/mol. The summed E-state index contributed by atoms with van der Waals surface area (Å²) in [6, 6.07) is 0. The van der Waals surface area contributed by atoms with E-state index in [0.29, 0.717) is 17.4 Å². The zero-order valence-electron chi connectivity index (χ0n) is 8.48. The molecule has 14 heavy (non-hydrogen) atoms. The molecule has 0 aromatic rings. The third kappa shape index (κ3) is 3.44. The van der Waals surface area contributed by atoms with E-state index in [1.165, 1.54) is 0 Å². The van der Waals surface area contributed by atoms with Gasteiger partial charge in [-0.1, -0.05) is 0 Å². The van der Waals surface area contributed by atoms with Gasteiger partial charge in [-0.05, 0) is 36.7 Å². The van der Waals surface area contributed by atoms with Gasteiger partial charge < -0.3 is 5.11 Å². The van der Waals surface area contributed by atoms with E-state index in [0.717, 1.165) is 18.6 Å². The molecule has 0 aromatic heterocycles. The Labute approximate surface area is 90.2 Å². The normalized spacial score (nSPS) is 24.7. The van der Waals surface area contributed by atoms with Crippen LogP contribution < -0.4 is 0 Å². The van der Waals surface area contributed by atoms with Crippen LogP contribution in [-0.2, 0) is 9.84 Å². The van der Waals surface area contributed by atoms with Crippen molar-refractivity contribution in [2.75, 3.05) is 30.1 Å². The molecule has 1 aliphatic rings. The molecule has 1 N–H and O–H groups in total. The lowest BCUT2D eigenvalue weighted by Gasteiger charge is -2.28. The molecule has 1 rings (SSSR count). The summed E-state index contributed by atoms with van der Waals surface area (Å²) in [6.45, 7) is 0.186. The summed E-state index contributed by atoms with van der Waals surface area (Å²) in [5.74, 6) is 2.23. The van der Waals surface area contributed by atoms with E-state index >= 15 is 0 Å². The molecule has 0 saturated carbocycles. The number of aliphatic hydroxyl groups excluding tert-OH is 1. The third-order valence-electron chi connectivity index (χ3n) is 2.88.